The topological polar surface area (TPSA) is 73.6 Å². The SMILES string of the molecule is COC(=O)c1cc(N)cc(Cl)c1NCCC1CCOC1. The van der Waals surface area contributed by atoms with E-state index in [0.717, 1.165) is 32.6 Å². The molecule has 2 rings (SSSR count). The van der Waals surface area contributed by atoms with Crippen molar-refractivity contribution in [2.75, 3.05) is 37.9 Å². The Morgan fingerprint density at radius 1 is 1.60 bits per heavy atom. The molecule has 6 heteroatoms. The number of nitrogens with one attached hydrogen (secondary N) is 1. The van der Waals surface area contributed by atoms with Crippen LogP contribution in [0.3, 0.4) is 0 Å². The lowest BCUT2D eigenvalue weighted by molar-refractivity contribution is 0.0602. The smallest absolute Gasteiger partial charge is 0.340 e. The summed E-state index contributed by atoms with van der Waals surface area (Å²) in [6, 6.07) is 3.19. The van der Waals surface area contributed by atoms with Crippen LogP contribution < -0.4 is 11.1 Å². The zero-order chi connectivity index (χ0) is 14.5. The number of hydrogen-bond acceptors (Lipinski definition) is 5. The molecule has 0 bridgehead atoms. The molecule has 5 nitrogen and oxygen atoms in total. The molecule has 1 heterocycles. The van der Waals surface area contributed by atoms with Gasteiger partial charge in [0.15, 0.2) is 0 Å². The van der Waals surface area contributed by atoms with Gasteiger partial charge in [-0.25, -0.2) is 4.79 Å². The molecule has 3 N–H and O–H groups in total. The molecule has 110 valence electrons. The molecule has 1 unspecified atom stereocenters. The van der Waals surface area contributed by atoms with Crippen LogP contribution in [0.5, 0.6) is 0 Å². The van der Waals surface area contributed by atoms with Crippen LogP contribution in [0, 0.1) is 5.92 Å². The summed E-state index contributed by atoms with van der Waals surface area (Å²) in [6.45, 7) is 2.36. The molecule has 0 amide bonds. The number of nitrogen functional groups attached to an aromatic ring is 1. The zero-order valence-electron chi connectivity index (χ0n) is 11.4. The number of methoxy groups -OCH3 is 1. The molecule has 1 atom stereocenters. The fourth-order valence-corrected chi connectivity index (χ4v) is 2.59. The number of benzene rings is 1. The van der Waals surface area contributed by atoms with Crippen molar-refractivity contribution < 1.29 is 14.3 Å². The lowest BCUT2D eigenvalue weighted by Crippen LogP contribution is -2.13. The van der Waals surface area contributed by atoms with Crippen LogP contribution in [0.15, 0.2) is 12.1 Å². The first-order valence-electron chi connectivity index (χ1n) is 6.60. The highest BCUT2D eigenvalue weighted by Gasteiger charge is 2.18. The molecule has 0 radical (unpaired) electrons. The third-order valence-corrected chi connectivity index (χ3v) is 3.69. The van der Waals surface area contributed by atoms with E-state index in [0.29, 0.717) is 27.9 Å². The van der Waals surface area contributed by atoms with Crippen LogP contribution in [0.4, 0.5) is 11.4 Å². The van der Waals surface area contributed by atoms with E-state index in [1.165, 1.54) is 7.11 Å². The predicted octanol–water partition coefficient (Wildman–Crippen LogP) is 2.55. The number of anilines is 2. The first-order valence-corrected chi connectivity index (χ1v) is 6.98. The van der Waals surface area contributed by atoms with Gasteiger partial charge in [-0.05, 0) is 30.9 Å². The number of hydrogen-bond donors (Lipinski definition) is 2. The summed E-state index contributed by atoms with van der Waals surface area (Å²) in [7, 11) is 1.33. The van der Waals surface area contributed by atoms with Gasteiger partial charge in [0.2, 0.25) is 0 Å². The summed E-state index contributed by atoms with van der Waals surface area (Å²) in [5, 5.41) is 3.63. The van der Waals surface area contributed by atoms with Crippen LogP contribution in [0.25, 0.3) is 0 Å². The third-order valence-electron chi connectivity index (χ3n) is 3.40. The van der Waals surface area contributed by atoms with Gasteiger partial charge >= 0.3 is 5.97 Å². The highest BCUT2D eigenvalue weighted by Crippen LogP contribution is 2.30. The first-order chi connectivity index (χ1) is 9.61. The van der Waals surface area contributed by atoms with Crippen molar-refractivity contribution in [3.63, 3.8) is 0 Å². The van der Waals surface area contributed by atoms with E-state index in [-0.39, 0.29) is 0 Å². The van der Waals surface area contributed by atoms with Gasteiger partial charge < -0.3 is 20.5 Å². The Hall–Kier alpha value is -1.46. The quantitative estimate of drug-likeness (QED) is 0.645. The Balaban J connectivity index is 2.06. The second-order valence-corrected chi connectivity index (χ2v) is 5.27. The van der Waals surface area contributed by atoms with Gasteiger partial charge in [-0.1, -0.05) is 11.6 Å². The molecule has 1 aromatic carbocycles. The van der Waals surface area contributed by atoms with Crippen LogP contribution >= 0.6 is 11.6 Å². The molecular formula is C14H19ClN2O3. The number of ether oxygens (including phenoxy) is 2. The first kappa shape index (κ1) is 14.9. The Bertz CT molecular complexity index is 488. The molecule has 0 saturated carbocycles. The second kappa shape index (κ2) is 6.81. The number of rotatable bonds is 5. The number of esters is 1. The summed E-state index contributed by atoms with van der Waals surface area (Å²) in [5.74, 6) is 0.113. The maximum Gasteiger partial charge on any atom is 0.340 e. The standard InChI is InChI=1S/C14H19ClN2O3/c1-19-14(18)11-6-10(16)7-12(15)13(11)17-4-2-9-3-5-20-8-9/h6-7,9,17H,2-5,8,16H2,1H3. The van der Waals surface area contributed by atoms with E-state index < -0.39 is 5.97 Å². The maximum atomic E-state index is 11.8. The molecule has 1 aliphatic heterocycles. The Morgan fingerprint density at radius 2 is 2.40 bits per heavy atom. The van der Waals surface area contributed by atoms with Gasteiger partial charge in [-0.3, -0.25) is 0 Å². The van der Waals surface area contributed by atoms with E-state index in [2.05, 4.69) is 5.32 Å². The lowest BCUT2D eigenvalue weighted by atomic mass is 10.0. The minimum atomic E-state index is -0.453. The summed E-state index contributed by atoms with van der Waals surface area (Å²) in [6.07, 6.45) is 2.06. The molecule has 1 aromatic rings. The Labute approximate surface area is 123 Å². The normalized spacial score (nSPS) is 18.0. The lowest BCUT2D eigenvalue weighted by Gasteiger charge is -2.15. The van der Waals surface area contributed by atoms with E-state index in [1.807, 2.05) is 0 Å². The average molecular weight is 299 g/mol. The minimum Gasteiger partial charge on any atom is -0.465 e. The van der Waals surface area contributed by atoms with Crippen molar-refractivity contribution in [1.29, 1.82) is 0 Å². The fraction of sp³-hybridized carbons (Fsp3) is 0.500. The van der Waals surface area contributed by atoms with Crippen LogP contribution in [-0.2, 0) is 9.47 Å². The molecule has 1 aliphatic rings. The van der Waals surface area contributed by atoms with E-state index >= 15 is 0 Å². The van der Waals surface area contributed by atoms with Crippen molar-refractivity contribution in [1.82, 2.24) is 0 Å². The summed E-state index contributed by atoms with van der Waals surface area (Å²) >= 11 is 6.16. The molecule has 0 aromatic heterocycles. The number of halogens is 1. The third kappa shape index (κ3) is 3.55. The van der Waals surface area contributed by atoms with E-state index in [4.69, 9.17) is 26.8 Å². The minimum absolute atomic E-state index is 0.361. The maximum absolute atomic E-state index is 11.8. The molecule has 0 spiro atoms. The van der Waals surface area contributed by atoms with Gasteiger partial charge in [0.05, 0.1) is 23.4 Å². The van der Waals surface area contributed by atoms with Crippen molar-refractivity contribution in [3.05, 3.63) is 22.7 Å². The van der Waals surface area contributed by atoms with Crippen LogP contribution in [0.1, 0.15) is 23.2 Å². The molecule has 1 fully saturated rings. The van der Waals surface area contributed by atoms with Gasteiger partial charge in [-0.15, -0.1) is 0 Å². The van der Waals surface area contributed by atoms with E-state index in [9.17, 15) is 4.79 Å². The Kier molecular flexibility index (Phi) is 5.09. The van der Waals surface area contributed by atoms with Gasteiger partial charge in [-0.2, -0.15) is 0 Å². The highest BCUT2D eigenvalue weighted by atomic mass is 35.5. The second-order valence-electron chi connectivity index (χ2n) is 4.86. The van der Waals surface area contributed by atoms with Gasteiger partial charge in [0, 0.05) is 25.4 Å². The summed E-state index contributed by atoms with van der Waals surface area (Å²) in [5.41, 5.74) is 7.08. The predicted molar refractivity (Wildman–Crippen MR) is 79.2 cm³/mol. The van der Waals surface area contributed by atoms with Crippen molar-refractivity contribution >= 4 is 28.9 Å². The van der Waals surface area contributed by atoms with Gasteiger partial charge in [0.25, 0.3) is 0 Å². The van der Waals surface area contributed by atoms with Gasteiger partial charge in [0.1, 0.15) is 0 Å². The fourth-order valence-electron chi connectivity index (χ4n) is 2.29. The largest absolute Gasteiger partial charge is 0.465 e. The van der Waals surface area contributed by atoms with Crippen LogP contribution in [-0.4, -0.2) is 32.8 Å². The molecule has 20 heavy (non-hydrogen) atoms. The summed E-state index contributed by atoms with van der Waals surface area (Å²) in [4.78, 5) is 11.8. The van der Waals surface area contributed by atoms with Crippen LogP contribution in [0.2, 0.25) is 5.02 Å². The monoisotopic (exact) mass is 298 g/mol. The zero-order valence-corrected chi connectivity index (χ0v) is 12.2. The molecular weight excluding hydrogens is 280 g/mol. The Morgan fingerprint density at radius 3 is 3.05 bits per heavy atom. The van der Waals surface area contributed by atoms with E-state index in [1.54, 1.807) is 12.1 Å². The molecule has 1 saturated heterocycles. The average Bonchev–Trinajstić information content (AvgIpc) is 2.93. The number of carbonyl (C=O) groups is 1. The highest BCUT2D eigenvalue weighted by molar-refractivity contribution is 6.34. The van der Waals surface area contributed by atoms with Crippen molar-refractivity contribution in [2.24, 2.45) is 5.92 Å². The van der Waals surface area contributed by atoms with Crippen molar-refractivity contribution in [3.8, 4) is 0 Å². The summed E-state index contributed by atoms with van der Waals surface area (Å²) < 4.78 is 10.1. The number of carbonyl (C=O) groups excluding carboxylic acids is 1. The van der Waals surface area contributed by atoms with Crippen molar-refractivity contribution in [2.45, 2.75) is 12.8 Å². The number of nitrogens with two attached hydrogens (primary N) is 1. The molecule has 0 aliphatic carbocycles.